The van der Waals surface area contributed by atoms with Gasteiger partial charge < -0.3 is 4.74 Å². The molecule has 0 amide bonds. The van der Waals surface area contributed by atoms with Crippen LogP contribution in [0.5, 0.6) is 0 Å². The molecule has 3 unspecified atom stereocenters. The summed E-state index contributed by atoms with van der Waals surface area (Å²) in [5, 5.41) is 0. The van der Waals surface area contributed by atoms with Crippen molar-refractivity contribution in [2.75, 3.05) is 0 Å². The summed E-state index contributed by atoms with van der Waals surface area (Å²) in [4.78, 5) is 0. The van der Waals surface area contributed by atoms with Gasteiger partial charge in [0.2, 0.25) is 0 Å². The van der Waals surface area contributed by atoms with Crippen LogP contribution in [0.25, 0.3) is 0 Å². The Labute approximate surface area is 74.5 Å². The number of hydrogen-bond donors (Lipinski definition) is 0. The van der Waals surface area contributed by atoms with Gasteiger partial charge in [0.15, 0.2) is 0 Å². The normalized spacial score (nSPS) is 59.8. The van der Waals surface area contributed by atoms with Gasteiger partial charge in [-0.05, 0) is 52.4 Å². The highest BCUT2D eigenvalue weighted by atomic mass is 16.6. The van der Waals surface area contributed by atoms with Crippen LogP contribution in [0, 0.1) is 11.3 Å². The van der Waals surface area contributed by atoms with E-state index in [1.165, 1.54) is 25.7 Å². The minimum absolute atomic E-state index is 0.182. The Kier molecular flexibility index (Phi) is 0.991. The maximum absolute atomic E-state index is 6.06. The first kappa shape index (κ1) is 7.37. The Morgan fingerprint density at radius 1 is 1.08 bits per heavy atom. The van der Waals surface area contributed by atoms with Crippen LogP contribution in [0.3, 0.4) is 0 Å². The molecule has 1 spiro atoms. The molecule has 3 rings (SSSR count). The van der Waals surface area contributed by atoms with E-state index in [1.54, 1.807) is 0 Å². The summed E-state index contributed by atoms with van der Waals surface area (Å²) >= 11 is 0. The fourth-order valence-electron chi connectivity index (χ4n) is 4.58. The first-order valence-corrected chi connectivity index (χ1v) is 5.22. The van der Waals surface area contributed by atoms with Gasteiger partial charge in [-0.25, -0.2) is 0 Å². The van der Waals surface area contributed by atoms with Crippen molar-refractivity contribution in [3.05, 3.63) is 0 Å². The van der Waals surface area contributed by atoms with Crippen LogP contribution in [-0.2, 0) is 4.74 Å². The average molecular weight is 166 g/mol. The molecule has 0 radical (unpaired) electrons. The lowest BCUT2D eigenvalue weighted by Crippen LogP contribution is -2.75. The van der Waals surface area contributed by atoms with Crippen LogP contribution in [0.1, 0.15) is 46.5 Å². The maximum Gasteiger partial charge on any atom is 0.0748 e. The van der Waals surface area contributed by atoms with E-state index < -0.39 is 0 Å². The van der Waals surface area contributed by atoms with Crippen molar-refractivity contribution >= 4 is 0 Å². The van der Waals surface area contributed by atoms with Crippen LogP contribution < -0.4 is 0 Å². The third-order valence-corrected chi connectivity index (χ3v) is 5.05. The molecule has 1 aliphatic heterocycles. The molecule has 1 nitrogen and oxygen atoms in total. The van der Waals surface area contributed by atoms with Crippen LogP contribution in [0.15, 0.2) is 0 Å². The Morgan fingerprint density at radius 2 is 1.75 bits per heavy atom. The summed E-state index contributed by atoms with van der Waals surface area (Å²) in [6, 6.07) is 0. The highest BCUT2D eigenvalue weighted by Crippen LogP contribution is 2.76. The third kappa shape index (κ3) is 0.454. The van der Waals surface area contributed by atoms with Gasteiger partial charge in [0, 0.05) is 5.41 Å². The lowest BCUT2D eigenvalue weighted by atomic mass is 9.46. The van der Waals surface area contributed by atoms with E-state index >= 15 is 0 Å². The van der Waals surface area contributed by atoms with Crippen LogP contribution in [-0.4, -0.2) is 11.2 Å². The summed E-state index contributed by atoms with van der Waals surface area (Å²) in [5.41, 5.74) is 1.03. The molecule has 3 atom stereocenters. The van der Waals surface area contributed by atoms with Crippen LogP contribution in [0.4, 0.5) is 0 Å². The van der Waals surface area contributed by atoms with Gasteiger partial charge in [-0.15, -0.1) is 0 Å². The first-order chi connectivity index (χ1) is 5.52. The molecule has 1 heterocycles. The lowest BCUT2D eigenvalue weighted by molar-refractivity contribution is -0.383. The van der Waals surface area contributed by atoms with Gasteiger partial charge in [0.05, 0.1) is 11.2 Å². The Hall–Kier alpha value is -0.0400. The molecule has 68 valence electrons. The molecule has 1 heteroatoms. The van der Waals surface area contributed by atoms with Crippen molar-refractivity contribution in [2.45, 2.75) is 57.7 Å². The molecule has 0 aromatic rings. The highest BCUT2D eigenvalue weighted by molar-refractivity contribution is 5.25. The van der Waals surface area contributed by atoms with Crippen LogP contribution >= 0.6 is 0 Å². The summed E-state index contributed by atoms with van der Waals surface area (Å²) < 4.78 is 6.06. The molecule has 12 heavy (non-hydrogen) atoms. The predicted octanol–water partition coefficient (Wildman–Crippen LogP) is 2.74. The van der Waals surface area contributed by atoms with E-state index in [4.69, 9.17) is 4.74 Å². The zero-order valence-electron chi connectivity index (χ0n) is 8.31. The molecule has 2 aliphatic carbocycles. The van der Waals surface area contributed by atoms with Crippen molar-refractivity contribution in [1.29, 1.82) is 0 Å². The number of hydrogen-bond acceptors (Lipinski definition) is 1. The van der Waals surface area contributed by atoms with E-state index in [0.29, 0.717) is 5.41 Å². The molecule has 0 aromatic heterocycles. The monoisotopic (exact) mass is 166 g/mol. The molecule has 3 aliphatic rings. The van der Waals surface area contributed by atoms with Crippen molar-refractivity contribution < 1.29 is 4.74 Å². The van der Waals surface area contributed by atoms with Crippen molar-refractivity contribution in [1.82, 2.24) is 0 Å². The standard InChI is InChI=1S/C11H18O/c1-9(2)11-7-5-8(11)4-6-10(11,3)12-9/h8H,4-7H2,1-3H3. The van der Waals surface area contributed by atoms with Gasteiger partial charge >= 0.3 is 0 Å². The Bertz CT molecular complexity index is 245. The minimum Gasteiger partial charge on any atom is -0.368 e. The molecule has 0 bridgehead atoms. The second-order valence-electron chi connectivity index (χ2n) is 5.59. The smallest absolute Gasteiger partial charge is 0.0748 e. The van der Waals surface area contributed by atoms with Crippen molar-refractivity contribution in [3.8, 4) is 0 Å². The molecule has 2 saturated carbocycles. The van der Waals surface area contributed by atoms with E-state index in [1.807, 2.05) is 0 Å². The molecule has 0 aromatic carbocycles. The molecular weight excluding hydrogens is 148 g/mol. The molecule has 0 N–H and O–H groups in total. The zero-order chi connectivity index (χ0) is 8.61. The zero-order valence-corrected chi connectivity index (χ0v) is 8.31. The van der Waals surface area contributed by atoms with Gasteiger partial charge in [-0.1, -0.05) is 0 Å². The van der Waals surface area contributed by atoms with Crippen molar-refractivity contribution in [2.24, 2.45) is 11.3 Å². The van der Waals surface area contributed by atoms with Gasteiger partial charge in [-0.3, -0.25) is 0 Å². The Morgan fingerprint density at radius 3 is 2.08 bits per heavy atom. The number of rotatable bonds is 0. The Balaban J connectivity index is 2.06. The predicted molar refractivity (Wildman–Crippen MR) is 48.0 cm³/mol. The quantitative estimate of drug-likeness (QED) is 0.537. The first-order valence-electron chi connectivity index (χ1n) is 5.22. The van der Waals surface area contributed by atoms with Crippen molar-refractivity contribution in [3.63, 3.8) is 0 Å². The largest absolute Gasteiger partial charge is 0.368 e. The summed E-state index contributed by atoms with van der Waals surface area (Å²) in [6.45, 7) is 6.90. The topological polar surface area (TPSA) is 9.23 Å². The van der Waals surface area contributed by atoms with E-state index in [2.05, 4.69) is 20.8 Å². The molecule has 3 fully saturated rings. The second kappa shape index (κ2) is 1.61. The fraction of sp³-hybridized carbons (Fsp3) is 1.00. The summed E-state index contributed by atoms with van der Waals surface area (Å²) in [6.07, 6.45) is 5.60. The highest BCUT2D eigenvalue weighted by Gasteiger charge is 2.77. The SMILES string of the molecule is CC1(C)OC2(C)CCC3CCC312. The van der Waals surface area contributed by atoms with Crippen LogP contribution in [0.2, 0.25) is 0 Å². The van der Waals surface area contributed by atoms with Gasteiger partial charge in [0.25, 0.3) is 0 Å². The van der Waals surface area contributed by atoms with E-state index in [9.17, 15) is 0 Å². The number of ether oxygens (including phenoxy) is 1. The lowest BCUT2D eigenvalue weighted by Gasteiger charge is -2.71. The van der Waals surface area contributed by atoms with Gasteiger partial charge in [-0.2, -0.15) is 0 Å². The maximum atomic E-state index is 6.06. The van der Waals surface area contributed by atoms with E-state index in [-0.39, 0.29) is 11.2 Å². The fourth-order valence-corrected chi connectivity index (χ4v) is 4.58. The summed E-state index contributed by atoms with van der Waals surface area (Å²) in [5.74, 6) is 0.992. The third-order valence-electron chi connectivity index (χ3n) is 5.05. The summed E-state index contributed by atoms with van der Waals surface area (Å²) in [7, 11) is 0. The second-order valence-corrected chi connectivity index (χ2v) is 5.59. The molecule has 1 saturated heterocycles. The minimum atomic E-state index is 0.182. The average Bonchev–Trinajstić information content (AvgIpc) is 1.95. The van der Waals surface area contributed by atoms with Gasteiger partial charge in [0.1, 0.15) is 0 Å². The molecular formula is C11H18O. The van der Waals surface area contributed by atoms with E-state index in [0.717, 1.165) is 5.92 Å².